The van der Waals surface area contributed by atoms with E-state index < -0.39 is 0 Å². The molecular weight excluding hydrogens is 302 g/mol. The number of aromatic amines is 1. The molecule has 0 spiro atoms. The van der Waals surface area contributed by atoms with Gasteiger partial charge in [0, 0.05) is 48.2 Å². The number of aromatic nitrogens is 4. The summed E-state index contributed by atoms with van der Waals surface area (Å²) in [7, 11) is 0. The van der Waals surface area contributed by atoms with Crippen LogP contribution in [0.25, 0.3) is 11.4 Å². The van der Waals surface area contributed by atoms with Crippen molar-refractivity contribution < 1.29 is 4.79 Å². The van der Waals surface area contributed by atoms with Crippen LogP contribution in [0.5, 0.6) is 0 Å². The monoisotopic (exact) mass is 319 g/mol. The molecule has 0 aliphatic carbocycles. The number of rotatable bonds is 3. The smallest absolute Gasteiger partial charge is 0.254 e. The van der Waals surface area contributed by atoms with Crippen LogP contribution in [0.1, 0.15) is 34.4 Å². The van der Waals surface area contributed by atoms with Crippen molar-refractivity contribution in [1.29, 1.82) is 0 Å². The topological polar surface area (TPSA) is 74.8 Å². The molecule has 1 aliphatic heterocycles. The van der Waals surface area contributed by atoms with E-state index >= 15 is 0 Å². The molecule has 1 N–H and O–H groups in total. The van der Waals surface area contributed by atoms with E-state index in [1.165, 1.54) is 0 Å². The number of carbonyl (C=O) groups excluding carboxylic acids is 1. The molecule has 1 aromatic carbocycles. The van der Waals surface area contributed by atoms with Gasteiger partial charge in [0.05, 0.1) is 12.2 Å². The highest BCUT2D eigenvalue weighted by Crippen LogP contribution is 2.24. The number of hydrogen-bond acceptors (Lipinski definition) is 4. The van der Waals surface area contributed by atoms with Gasteiger partial charge in [0.15, 0.2) is 0 Å². The second kappa shape index (κ2) is 5.88. The first-order valence-corrected chi connectivity index (χ1v) is 7.97. The number of hydrogen-bond donors (Lipinski definition) is 1. The number of carbonyl (C=O) groups is 1. The molecule has 120 valence electrons. The lowest BCUT2D eigenvalue weighted by Gasteiger charge is -2.15. The van der Waals surface area contributed by atoms with Crippen molar-refractivity contribution in [1.82, 2.24) is 24.8 Å². The van der Waals surface area contributed by atoms with Gasteiger partial charge in [0.25, 0.3) is 5.91 Å². The fourth-order valence-corrected chi connectivity index (χ4v) is 2.91. The molecule has 2 aromatic heterocycles. The molecule has 0 saturated carbocycles. The number of nitrogens with one attached hydrogen (secondary N) is 1. The van der Waals surface area contributed by atoms with Gasteiger partial charge in [-0.05, 0) is 12.1 Å². The van der Waals surface area contributed by atoms with Gasteiger partial charge < -0.3 is 9.88 Å². The lowest BCUT2D eigenvalue weighted by molar-refractivity contribution is 0.0750. The highest BCUT2D eigenvalue weighted by Gasteiger charge is 2.26. The van der Waals surface area contributed by atoms with Crippen LogP contribution in [0, 0.1) is 0 Å². The van der Waals surface area contributed by atoms with Crippen molar-refractivity contribution in [2.45, 2.75) is 26.4 Å². The minimum Gasteiger partial charge on any atom is -0.345 e. The Bertz CT molecular complexity index is 888. The minimum absolute atomic E-state index is 0.000505. The van der Waals surface area contributed by atoms with Crippen LogP contribution in [-0.2, 0) is 19.5 Å². The zero-order chi connectivity index (χ0) is 16.5. The summed E-state index contributed by atoms with van der Waals surface area (Å²) in [5.74, 6) is 1.58. The van der Waals surface area contributed by atoms with Gasteiger partial charge in [-0.1, -0.05) is 19.1 Å². The molecule has 24 heavy (non-hydrogen) atoms. The first-order valence-electron chi connectivity index (χ1n) is 7.97. The summed E-state index contributed by atoms with van der Waals surface area (Å²) in [5, 5.41) is 0. The van der Waals surface area contributed by atoms with Crippen LogP contribution in [0.4, 0.5) is 0 Å². The molecule has 3 heterocycles. The van der Waals surface area contributed by atoms with Crippen molar-refractivity contribution in [2.24, 2.45) is 0 Å². The number of fused-ring (bicyclic) bond motifs is 1. The molecule has 0 saturated heterocycles. The standard InChI is InChI=1S/C18H17N5O/c1-2-16-21-9-14-10-23(11-15(14)22-16)18(24)13-5-3-4-12(8-13)17-19-6-7-20-17/h3-9H,2,10-11H2,1H3,(H,19,20). The third-order valence-electron chi connectivity index (χ3n) is 4.19. The number of imidazole rings is 1. The summed E-state index contributed by atoms with van der Waals surface area (Å²) in [6, 6.07) is 7.52. The molecule has 1 aliphatic rings. The average Bonchev–Trinajstić information content (AvgIpc) is 3.30. The van der Waals surface area contributed by atoms with Crippen molar-refractivity contribution in [3.8, 4) is 11.4 Å². The van der Waals surface area contributed by atoms with Crippen LogP contribution < -0.4 is 0 Å². The third kappa shape index (κ3) is 2.56. The van der Waals surface area contributed by atoms with Crippen molar-refractivity contribution in [3.05, 3.63) is 65.5 Å². The van der Waals surface area contributed by atoms with Crippen LogP contribution in [0.15, 0.2) is 42.9 Å². The van der Waals surface area contributed by atoms with Crippen LogP contribution >= 0.6 is 0 Å². The van der Waals surface area contributed by atoms with Gasteiger partial charge in [-0.3, -0.25) is 4.79 Å². The Hall–Kier alpha value is -3.02. The first kappa shape index (κ1) is 14.6. The third-order valence-corrected chi connectivity index (χ3v) is 4.19. The molecule has 0 bridgehead atoms. The van der Waals surface area contributed by atoms with E-state index in [4.69, 9.17) is 0 Å². The molecule has 6 nitrogen and oxygen atoms in total. The SMILES string of the molecule is CCc1ncc2c(n1)CN(C(=O)c1cccc(-c3ncc[nH]3)c1)C2. The van der Waals surface area contributed by atoms with Crippen LogP contribution in [-0.4, -0.2) is 30.7 Å². The minimum atomic E-state index is -0.000505. The Labute approximate surface area is 139 Å². The van der Waals surface area contributed by atoms with Gasteiger partial charge in [-0.25, -0.2) is 15.0 Å². The molecule has 4 rings (SSSR count). The molecular formula is C18H17N5O. The zero-order valence-electron chi connectivity index (χ0n) is 13.4. The van der Waals surface area contributed by atoms with Gasteiger partial charge in [0.1, 0.15) is 11.6 Å². The van der Waals surface area contributed by atoms with E-state index in [0.29, 0.717) is 18.7 Å². The number of aryl methyl sites for hydroxylation is 1. The lowest BCUT2D eigenvalue weighted by atomic mass is 10.1. The molecule has 0 atom stereocenters. The number of nitrogens with zero attached hydrogens (tertiary/aromatic N) is 4. The number of H-pyrrole nitrogens is 1. The Morgan fingerprint density at radius 3 is 3.00 bits per heavy atom. The largest absolute Gasteiger partial charge is 0.345 e. The highest BCUT2D eigenvalue weighted by molar-refractivity contribution is 5.95. The summed E-state index contributed by atoms with van der Waals surface area (Å²) < 4.78 is 0. The summed E-state index contributed by atoms with van der Waals surface area (Å²) in [5.41, 5.74) is 3.54. The molecule has 0 fully saturated rings. The van der Waals surface area contributed by atoms with Gasteiger partial charge in [-0.15, -0.1) is 0 Å². The fourth-order valence-electron chi connectivity index (χ4n) is 2.91. The highest BCUT2D eigenvalue weighted by atomic mass is 16.2. The maximum atomic E-state index is 12.8. The maximum absolute atomic E-state index is 12.8. The molecule has 1 amide bonds. The summed E-state index contributed by atoms with van der Waals surface area (Å²) in [6.45, 7) is 3.12. The Kier molecular flexibility index (Phi) is 3.57. The van der Waals surface area contributed by atoms with E-state index in [2.05, 4.69) is 19.9 Å². The first-order chi connectivity index (χ1) is 11.7. The van der Waals surface area contributed by atoms with Crippen molar-refractivity contribution in [2.75, 3.05) is 0 Å². The van der Waals surface area contributed by atoms with E-state index in [1.807, 2.05) is 37.4 Å². The van der Waals surface area contributed by atoms with Crippen LogP contribution in [0.2, 0.25) is 0 Å². The quantitative estimate of drug-likeness (QED) is 0.805. The van der Waals surface area contributed by atoms with E-state index in [-0.39, 0.29) is 5.91 Å². The second-order valence-electron chi connectivity index (χ2n) is 5.79. The maximum Gasteiger partial charge on any atom is 0.254 e. The molecule has 3 aromatic rings. The average molecular weight is 319 g/mol. The second-order valence-corrected chi connectivity index (χ2v) is 5.79. The van der Waals surface area contributed by atoms with Gasteiger partial charge >= 0.3 is 0 Å². The molecule has 0 unspecified atom stereocenters. The van der Waals surface area contributed by atoms with Gasteiger partial charge in [-0.2, -0.15) is 0 Å². The predicted octanol–water partition coefficient (Wildman–Crippen LogP) is 2.59. The summed E-state index contributed by atoms with van der Waals surface area (Å²) >= 11 is 0. The Morgan fingerprint density at radius 2 is 2.21 bits per heavy atom. The fraction of sp³-hybridized carbons (Fsp3) is 0.222. The van der Waals surface area contributed by atoms with E-state index in [1.54, 1.807) is 17.3 Å². The van der Waals surface area contributed by atoms with E-state index in [9.17, 15) is 4.79 Å². The molecule has 6 heteroatoms. The van der Waals surface area contributed by atoms with Gasteiger partial charge in [0.2, 0.25) is 0 Å². The van der Waals surface area contributed by atoms with Crippen molar-refractivity contribution >= 4 is 5.91 Å². The zero-order valence-corrected chi connectivity index (χ0v) is 13.4. The summed E-state index contributed by atoms with van der Waals surface area (Å²) in [4.78, 5) is 30.8. The predicted molar refractivity (Wildman–Crippen MR) is 89.0 cm³/mol. The Morgan fingerprint density at radius 1 is 1.29 bits per heavy atom. The Balaban J connectivity index is 1.58. The van der Waals surface area contributed by atoms with Crippen LogP contribution in [0.3, 0.4) is 0 Å². The summed E-state index contributed by atoms with van der Waals surface area (Å²) in [6.07, 6.45) is 6.11. The number of amides is 1. The van der Waals surface area contributed by atoms with Crippen molar-refractivity contribution in [3.63, 3.8) is 0 Å². The normalized spacial score (nSPS) is 13.1. The molecule has 0 radical (unpaired) electrons. The van der Waals surface area contributed by atoms with E-state index in [0.717, 1.165) is 34.9 Å². The number of benzene rings is 1. The lowest BCUT2D eigenvalue weighted by Crippen LogP contribution is -2.25.